The van der Waals surface area contributed by atoms with Gasteiger partial charge in [-0.1, -0.05) is 0 Å². The molecule has 2 heteroatoms. The fourth-order valence-corrected chi connectivity index (χ4v) is 2.24. The minimum absolute atomic E-state index is 1.17. The van der Waals surface area contributed by atoms with Gasteiger partial charge in [-0.15, -0.1) is 0 Å². The van der Waals surface area contributed by atoms with E-state index in [-0.39, 0.29) is 0 Å². The highest BCUT2D eigenvalue weighted by molar-refractivity contribution is 7.07. The minimum atomic E-state index is 1.17. The average molecular weight is 167 g/mol. The van der Waals surface area contributed by atoms with Crippen molar-refractivity contribution in [1.82, 2.24) is 4.90 Å². The summed E-state index contributed by atoms with van der Waals surface area (Å²) in [4.78, 5) is 2.53. The number of likely N-dealkylation sites (tertiary alicyclic amines) is 1. The molecule has 1 nitrogen and oxygen atoms in total. The zero-order chi connectivity index (χ0) is 7.52. The van der Waals surface area contributed by atoms with Crippen LogP contribution in [0.4, 0.5) is 0 Å². The summed E-state index contributed by atoms with van der Waals surface area (Å²) in [6, 6.07) is 2.23. The molecule has 0 amide bonds. The van der Waals surface area contributed by atoms with Crippen LogP contribution in [0.2, 0.25) is 0 Å². The van der Waals surface area contributed by atoms with Gasteiger partial charge < -0.3 is 0 Å². The van der Waals surface area contributed by atoms with Crippen molar-refractivity contribution >= 4 is 11.3 Å². The zero-order valence-electron chi connectivity index (χ0n) is 6.62. The summed E-state index contributed by atoms with van der Waals surface area (Å²) in [5.41, 5.74) is 1.48. The molecule has 1 aliphatic heterocycles. The first-order valence-electron chi connectivity index (χ1n) is 4.18. The summed E-state index contributed by atoms with van der Waals surface area (Å²) in [5, 5.41) is 4.41. The van der Waals surface area contributed by atoms with E-state index < -0.39 is 0 Å². The molecule has 1 aromatic rings. The Kier molecular flexibility index (Phi) is 2.24. The molecular weight excluding hydrogens is 154 g/mol. The Morgan fingerprint density at radius 2 is 2.18 bits per heavy atom. The van der Waals surface area contributed by atoms with Crippen molar-refractivity contribution in [2.75, 3.05) is 13.1 Å². The lowest BCUT2D eigenvalue weighted by atomic mass is 10.3. The molecule has 1 aliphatic rings. The van der Waals surface area contributed by atoms with E-state index in [1.165, 1.54) is 38.0 Å². The SMILES string of the molecule is c1cc(CN2CCCC2)cs1. The molecule has 60 valence electrons. The Hall–Kier alpha value is -0.340. The Bertz CT molecular complexity index is 199. The van der Waals surface area contributed by atoms with Crippen LogP contribution in [-0.4, -0.2) is 18.0 Å². The quantitative estimate of drug-likeness (QED) is 0.653. The molecule has 0 radical (unpaired) electrons. The second-order valence-electron chi connectivity index (χ2n) is 3.11. The van der Waals surface area contributed by atoms with Gasteiger partial charge in [-0.3, -0.25) is 4.90 Å². The normalized spacial score (nSPS) is 19.3. The lowest BCUT2D eigenvalue weighted by Crippen LogP contribution is -2.17. The smallest absolute Gasteiger partial charge is 0.0241 e. The first-order valence-corrected chi connectivity index (χ1v) is 5.13. The largest absolute Gasteiger partial charge is 0.299 e. The Morgan fingerprint density at radius 1 is 1.36 bits per heavy atom. The molecule has 0 bridgehead atoms. The molecule has 0 aromatic carbocycles. The van der Waals surface area contributed by atoms with E-state index in [0.717, 1.165) is 0 Å². The number of hydrogen-bond donors (Lipinski definition) is 0. The van der Waals surface area contributed by atoms with Crippen molar-refractivity contribution in [3.63, 3.8) is 0 Å². The maximum atomic E-state index is 2.53. The lowest BCUT2D eigenvalue weighted by molar-refractivity contribution is 0.332. The van der Waals surface area contributed by atoms with E-state index in [1.807, 2.05) is 0 Å². The molecule has 0 saturated carbocycles. The number of hydrogen-bond acceptors (Lipinski definition) is 2. The molecule has 2 rings (SSSR count). The van der Waals surface area contributed by atoms with E-state index in [2.05, 4.69) is 21.7 Å². The fourth-order valence-electron chi connectivity index (χ4n) is 1.58. The van der Waals surface area contributed by atoms with Crippen LogP contribution in [0.15, 0.2) is 16.8 Å². The summed E-state index contributed by atoms with van der Waals surface area (Å²) >= 11 is 1.80. The van der Waals surface area contributed by atoms with Crippen LogP contribution in [0.3, 0.4) is 0 Å². The second-order valence-corrected chi connectivity index (χ2v) is 3.89. The molecule has 0 unspecified atom stereocenters. The van der Waals surface area contributed by atoms with Gasteiger partial charge in [0, 0.05) is 6.54 Å². The summed E-state index contributed by atoms with van der Waals surface area (Å²) in [6.45, 7) is 3.77. The molecule has 0 aliphatic carbocycles. The van der Waals surface area contributed by atoms with Gasteiger partial charge in [-0.25, -0.2) is 0 Å². The van der Waals surface area contributed by atoms with Gasteiger partial charge in [-0.2, -0.15) is 11.3 Å². The molecule has 0 atom stereocenters. The maximum absolute atomic E-state index is 2.53. The van der Waals surface area contributed by atoms with Crippen LogP contribution in [0.1, 0.15) is 18.4 Å². The van der Waals surface area contributed by atoms with Crippen LogP contribution < -0.4 is 0 Å². The van der Waals surface area contributed by atoms with Crippen molar-refractivity contribution in [3.05, 3.63) is 22.4 Å². The molecule has 0 N–H and O–H groups in total. The summed E-state index contributed by atoms with van der Waals surface area (Å²) in [7, 11) is 0. The van der Waals surface area contributed by atoms with E-state index >= 15 is 0 Å². The molecule has 11 heavy (non-hydrogen) atoms. The van der Waals surface area contributed by atoms with Gasteiger partial charge in [0.15, 0.2) is 0 Å². The summed E-state index contributed by atoms with van der Waals surface area (Å²) in [6.07, 6.45) is 2.79. The van der Waals surface area contributed by atoms with Crippen LogP contribution in [0.5, 0.6) is 0 Å². The molecule has 1 fully saturated rings. The first kappa shape index (κ1) is 7.32. The Morgan fingerprint density at radius 3 is 2.82 bits per heavy atom. The molecule has 1 aromatic heterocycles. The standard InChI is InChI=1S/C9H13NS/c1-2-5-10(4-1)7-9-3-6-11-8-9/h3,6,8H,1-2,4-5,7H2. The van der Waals surface area contributed by atoms with Crippen LogP contribution in [0, 0.1) is 0 Å². The first-order chi connectivity index (χ1) is 5.45. The third-order valence-corrected chi connectivity index (χ3v) is 2.92. The van der Waals surface area contributed by atoms with Crippen molar-refractivity contribution in [2.24, 2.45) is 0 Å². The lowest BCUT2D eigenvalue weighted by Gasteiger charge is -2.12. The summed E-state index contributed by atoms with van der Waals surface area (Å²) in [5.74, 6) is 0. The number of thiophene rings is 1. The molecule has 2 heterocycles. The van der Waals surface area contributed by atoms with Crippen LogP contribution in [-0.2, 0) is 6.54 Å². The van der Waals surface area contributed by atoms with Gasteiger partial charge in [-0.05, 0) is 48.3 Å². The molecular formula is C9H13NS. The fraction of sp³-hybridized carbons (Fsp3) is 0.556. The van der Waals surface area contributed by atoms with Gasteiger partial charge >= 0.3 is 0 Å². The highest BCUT2D eigenvalue weighted by Gasteiger charge is 2.11. The van der Waals surface area contributed by atoms with Gasteiger partial charge in [0.25, 0.3) is 0 Å². The molecule has 0 spiro atoms. The Balaban J connectivity index is 1.90. The van der Waals surface area contributed by atoms with E-state index in [1.54, 1.807) is 11.3 Å². The topological polar surface area (TPSA) is 3.24 Å². The number of rotatable bonds is 2. The average Bonchev–Trinajstić information content (AvgIpc) is 2.60. The highest BCUT2D eigenvalue weighted by Crippen LogP contribution is 2.14. The minimum Gasteiger partial charge on any atom is -0.299 e. The van der Waals surface area contributed by atoms with Gasteiger partial charge in [0.05, 0.1) is 0 Å². The van der Waals surface area contributed by atoms with Crippen molar-refractivity contribution in [1.29, 1.82) is 0 Å². The second kappa shape index (κ2) is 3.37. The molecule has 1 saturated heterocycles. The Labute approximate surface area is 71.7 Å². The third kappa shape index (κ3) is 1.82. The predicted octanol–water partition coefficient (Wildman–Crippen LogP) is 2.34. The van der Waals surface area contributed by atoms with Crippen molar-refractivity contribution in [3.8, 4) is 0 Å². The third-order valence-electron chi connectivity index (χ3n) is 2.18. The zero-order valence-corrected chi connectivity index (χ0v) is 7.44. The maximum Gasteiger partial charge on any atom is 0.0241 e. The van der Waals surface area contributed by atoms with E-state index in [0.29, 0.717) is 0 Å². The predicted molar refractivity (Wildman–Crippen MR) is 48.8 cm³/mol. The highest BCUT2D eigenvalue weighted by atomic mass is 32.1. The van der Waals surface area contributed by atoms with Crippen LogP contribution >= 0.6 is 11.3 Å². The van der Waals surface area contributed by atoms with Gasteiger partial charge in [0.1, 0.15) is 0 Å². The van der Waals surface area contributed by atoms with Gasteiger partial charge in [0.2, 0.25) is 0 Å². The van der Waals surface area contributed by atoms with E-state index in [9.17, 15) is 0 Å². The summed E-state index contributed by atoms with van der Waals surface area (Å²) < 4.78 is 0. The number of nitrogens with zero attached hydrogens (tertiary/aromatic N) is 1. The van der Waals surface area contributed by atoms with Crippen LogP contribution in [0.25, 0.3) is 0 Å². The van der Waals surface area contributed by atoms with Crippen molar-refractivity contribution in [2.45, 2.75) is 19.4 Å². The monoisotopic (exact) mass is 167 g/mol. The van der Waals surface area contributed by atoms with E-state index in [4.69, 9.17) is 0 Å². The van der Waals surface area contributed by atoms with Crippen molar-refractivity contribution < 1.29 is 0 Å².